The molecule has 0 N–H and O–H groups in total. The molecule has 1 heterocycles. The maximum atomic E-state index is 12.3. The molecule has 1 amide bonds. The van der Waals surface area contributed by atoms with E-state index in [1.165, 1.54) is 12.1 Å². The summed E-state index contributed by atoms with van der Waals surface area (Å²) >= 11 is 0. The Kier molecular flexibility index (Phi) is 5.80. The Morgan fingerprint density at radius 1 is 1.00 bits per heavy atom. The summed E-state index contributed by atoms with van der Waals surface area (Å²) in [5.41, 5.74) is 1.13. The average molecular weight is 355 g/mol. The topological polar surface area (TPSA) is 75.9 Å². The van der Waals surface area contributed by atoms with Crippen LogP contribution in [-0.4, -0.2) is 53.4 Å². The van der Waals surface area contributed by atoms with Crippen LogP contribution in [0.5, 0.6) is 5.75 Å². The number of ether oxygens (including phenoxy) is 1. The first-order valence-corrected chi connectivity index (χ1v) is 8.53. The molecule has 1 fully saturated rings. The highest BCUT2D eigenvalue weighted by atomic mass is 16.6. The molecule has 2 aromatic carbocycles. The molecule has 7 heteroatoms. The van der Waals surface area contributed by atoms with Gasteiger partial charge in [0.1, 0.15) is 5.75 Å². The number of nitro groups is 1. The van der Waals surface area contributed by atoms with Crippen molar-refractivity contribution >= 4 is 11.6 Å². The van der Waals surface area contributed by atoms with Crippen LogP contribution in [0.25, 0.3) is 0 Å². The minimum atomic E-state index is -0.397. The lowest BCUT2D eigenvalue weighted by molar-refractivity contribution is -0.384. The van der Waals surface area contributed by atoms with Crippen LogP contribution in [0.1, 0.15) is 5.56 Å². The number of non-ortho nitro benzene ring substituents is 1. The fraction of sp³-hybridized carbons (Fsp3) is 0.316. The zero-order chi connectivity index (χ0) is 18.4. The lowest BCUT2D eigenvalue weighted by Gasteiger charge is -2.34. The van der Waals surface area contributed by atoms with Gasteiger partial charge < -0.3 is 9.64 Å². The zero-order valence-electron chi connectivity index (χ0n) is 14.4. The van der Waals surface area contributed by atoms with Gasteiger partial charge in [-0.1, -0.05) is 30.3 Å². The second-order valence-electron chi connectivity index (χ2n) is 6.18. The highest BCUT2D eigenvalue weighted by Crippen LogP contribution is 2.15. The zero-order valence-corrected chi connectivity index (χ0v) is 14.4. The molecule has 0 aliphatic carbocycles. The Hall–Kier alpha value is -2.93. The molecule has 26 heavy (non-hydrogen) atoms. The first kappa shape index (κ1) is 17.9. The van der Waals surface area contributed by atoms with Crippen LogP contribution in [0, 0.1) is 10.1 Å². The van der Waals surface area contributed by atoms with Crippen molar-refractivity contribution in [2.75, 3.05) is 32.8 Å². The monoisotopic (exact) mass is 355 g/mol. The van der Waals surface area contributed by atoms with Crippen molar-refractivity contribution in [3.8, 4) is 5.75 Å². The minimum absolute atomic E-state index is 0.0103. The number of hydrogen-bond donors (Lipinski definition) is 0. The van der Waals surface area contributed by atoms with Gasteiger partial charge in [0.15, 0.2) is 6.61 Å². The van der Waals surface area contributed by atoms with Crippen molar-refractivity contribution in [1.29, 1.82) is 0 Å². The van der Waals surface area contributed by atoms with Gasteiger partial charge in [-0.2, -0.15) is 0 Å². The van der Waals surface area contributed by atoms with Crippen LogP contribution < -0.4 is 4.74 Å². The van der Waals surface area contributed by atoms with Gasteiger partial charge >= 0.3 is 0 Å². The van der Waals surface area contributed by atoms with E-state index in [1.807, 2.05) is 35.2 Å². The number of amides is 1. The predicted molar refractivity (Wildman–Crippen MR) is 96.9 cm³/mol. The summed E-state index contributed by atoms with van der Waals surface area (Å²) in [6, 6.07) is 15.9. The van der Waals surface area contributed by atoms with E-state index in [9.17, 15) is 14.9 Å². The summed E-state index contributed by atoms with van der Waals surface area (Å²) < 4.78 is 5.51. The molecule has 0 atom stereocenters. The van der Waals surface area contributed by atoms with E-state index < -0.39 is 4.92 Å². The van der Waals surface area contributed by atoms with E-state index in [2.05, 4.69) is 4.90 Å². The van der Waals surface area contributed by atoms with Gasteiger partial charge in [0.05, 0.1) is 4.92 Å². The maximum Gasteiger partial charge on any atom is 0.269 e. The molecule has 1 aliphatic rings. The first-order valence-electron chi connectivity index (χ1n) is 8.53. The van der Waals surface area contributed by atoms with Crippen LogP contribution in [0.15, 0.2) is 54.6 Å². The minimum Gasteiger partial charge on any atom is -0.484 e. The van der Waals surface area contributed by atoms with Crippen molar-refractivity contribution in [3.05, 3.63) is 70.3 Å². The molecule has 2 aromatic rings. The predicted octanol–water partition coefficient (Wildman–Crippen LogP) is 2.32. The van der Waals surface area contributed by atoms with Crippen molar-refractivity contribution in [2.45, 2.75) is 6.54 Å². The number of rotatable bonds is 6. The molecule has 0 unspecified atom stereocenters. The molecule has 0 aromatic heterocycles. The molecule has 0 saturated carbocycles. The van der Waals surface area contributed by atoms with Crippen molar-refractivity contribution in [3.63, 3.8) is 0 Å². The van der Waals surface area contributed by atoms with Gasteiger partial charge in [-0.25, -0.2) is 0 Å². The smallest absolute Gasteiger partial charge is 0.269 e. The van der Waals surface area contributed by atoms with Gasteiger partial charge in [0.25, 0.3) is 11.6 Å². The van der Waals surface area contributed by atoms with Crippen LogP contribution in [0.3, 0.4) is 0 Å². The molecule has 0 bridgehead atoms. The number of nitrogens with zero attached hydrogens (tertiary/aromatic N) is 3. The fourth-order valence-corrected chi connectivity index (χ4v) is 2.89. The average Bonchev–Trinajstić information content (AvgIpc) is 2.68. The Balaban J connectivity index is 1.43. The van der Waals surface area contributed by atoms with Crippen molar-refractivity contribution in [2.24, 2.45) is 0 Å². The molecular weight excluding hydrogens is 334 g/mol. The third-order valence-corrected chi connectivity index (χ3v) is 4.38. The van der Waals surface area contributed by atoms with Gasteiger partial charge in [0, 0.05) is 44.9 Å². The number of hydrogen-bond acceptors (Lipinski definition) is 5. The highest BCUT2D eigenvalue weighted by Gasteiger charge is 2.21. The van der Waals surface area contributed by atoms with Gasteiger partial charge in [0.2, 0.25) is 0 Å². The lowest BCUT2D eigenvalue weighted by Crippen LogP contribution is -2.49. The van der Waals surface area contributed by atoms with Crippen LogP contribution >= 0.6 is 0 Å². The second-order valence-corrected chi connectivity index (χ2v) is 6.18. The number of carbonyl (C=O) groups excluding carboxylic acids is 1. The number of carbonyl (C=O) groups is 1. The third kappa shape index (κ3) is 4.80. The summed E-state index contributed by atoms with van der Waals surface area (Å²) in [6.07, 6.45) is 0. The van der Waals surface area contributed by atoms with Gasteiger partial charge in [-0.15, -0.1) is 0 Å². The standard InChI is InChI=1S/C19H21N3O4/c23-19(15-26-18-4-2-1-3-5-18)21-12-10-20(11-13-21)14-16-6-8-17(9-7-16)22(24)25/h1-9H,10-15H2. The summed E-state index contributed by atoms with van der Waals surface area (Å²) in [7, 11) is 0. The van der Waals surface area contributed by atoms with E-state index in [4.69, 9.17) is 4.74 Å². The number of para-hydroxylation sites is 1. The quantitative estimate of drug-likeness (QED) is 0.587. The highest BCUT2D eigenvalue weighted by molar-refractivity contribution is 5.77. The Bertz CT molecular complexity index is 741. The van der Waals surface area contributed by atoms with E-state index >= 15 is 0 Å². The summed E-state index contributed by atoms with van der Waals surface area (Å²) in [4.78, 5) is 26.6. The molecule has 3 rings (SSSR count). The first-order chi connectivity index (χ1) is 12.6. The molecule has 1 saturated heterocycles. The Morgan fingerprint density at radius 2 is 1.65 bits per heavy atom. The summed E-state index contributed by atoms with van der Waals surface area (Å²) in [6.45, 7) is 3.63. The normalized spacial score (nSPS) is 14.8. The van der Waals surface area contributed by atoms with Crippen molar-refractivity contribution in [1.82, 2.24) is 9.80 Å². The van der Waals surface area contributed by atoms with Crippen LogP contribution in [0.2, 0.25) is 0 Å². The summed E-state index contributed by atoms with van der Waals surface area (Å²) in [5.74, 6) is 0.682. The molecule has 1 aliphatic heterocycles. The van der Waals surface area contributed by atoms with Crippen molar-refractivity contribution < 1.29 is 14.5 Å². The van der Waals surface area contributed by atoms with Crippen LogP contribution in [-0.2, 0) is 11.3 Å². The number of piperazine rings is 1. The van der Waals surface area contributed by atoms with Gasteiger partial charge in [-0.3, -0.25) is 19.8 Å². The van der Waals surface area contributed by atoms with E-state index in [0.29, 0.717) is 18.8 Å². The van der Waals surface area contributed by atoms with E-state index in [-0.39, 0.29) is 18.2 Å². The van der Waals surface area contributed by atoms with E-state index in [0.717, 1.165) is 25.2 Å². The molecule has 0 radical (unpaired) electrons. The molecule has 136 valence electrons. The maximum absolute atomic E-state index is 12.3. The molecule has 0 spiro atoms. The molecule has 7 nitrogen and oxygen atoms in total. The fourth-order valence-electron chi connectivity index (χ4n) is 2.89. The van der Waals surface area contributed by atoms with E-state index in [1.54, 1.807) is 12.1 Å². The van der Waals surface area contributed by atoms with Gasteiger partial charge in [-0.05, 0) is 17.7 Å². The SMILES string of the molecule is O=C(COc1ccccc1)N1CCN(Cc2ccc([N+](=O)[O-])cc2)CC1. The van der Waals surface area contributed by atoms with Crippen LogP contribution in [0.4, 0.5) is 5.69 Å². The summed E-state index contributed by atoms with van der Waals surface area (Å²) in [5, 5.41) is 10.7. The number of nitro benzene ring substituents is 1. The third-order valence-electron chi connectivity index (χ3n) is 4.38. The number of benzene rings is 2. The largest absolute Gasteiger partial charge is 0.484 e. The Morgan fingerprint density at radius 3 is 2.27 bits per heavy atom. The second kappa shape index (κ2) is 8.44. The Labute approximate surface area is 151 Å². The lowest BCUT2D eigenvalue weighted by atomic mass is 10.2. The molecular formula is C19H21N3O4.